The molecule has 0 saturated carbocycles. The topological polar surface area (TPSA) is 55.8 Å². The van der Waals surface area contributed by atoms with Crippen LogP contribution in [0.5, 0.6) is 0 Å². The highest BCUT2D eigenvalue weighted by molar-refractivity contribution is 5.95. The first-order valence-corrected chi connectivity index (χ1v) is 8.55. The summed E-state index contributed by atoms with van der Waals surface area (Å²) >= 11 is 0. The summed E-state index contributed by atoms with van der Waals surface area (Å²) in [4.78, 5) is 16.8. The van der Waals surface area contributed by atoms with Crippen LogP contribution < -0.4 is 10.2 Å². The first kappa shape index (κ1) is 19.0. The van der Waals surface area contributed by atoms with Crippen molar-refractivity contribution >= 4 is 17.3 Å². The summed E-state index contributed by atoms with van der Waals surface area (Å²) < 4.78 is 0. The Bertz CT molecular complexity index is 658. The van der Waals surface area contributed by atoms with Gasteiger partial charge in [-0.1, -0.05) is 37.3 Å². The quantitative estimate of drug-likeness (QED) is 0.775. The molecule has 1 unspecified atom stereocenters. The number of aliphatic hydroxyl groups is 1. The van der Waals surface area contributed by atoms with Crippen LogP contribution in [-0.4, -0.2) is 49.7 Å². The monoisotopic (exact) mass is 341 g/mol. The number of carbonyl (C=O) groups excluding carboxylic acids is 1. The van der Waals surface area contributed by atoms with Crippen molar-refractivity contribution < 1.29 is 9.90 Å². The van der Waals surface area contributed by atoms with Crippen molar-refractivity contribution in [2.45, 2.75) is 13.0 Å². The van der Waals surface area contributed by atoms with Gasteiger partial charge in [0.25, 0.3) is 0 Å². The van der Waals surface area contributed by atoms with Crippen LogP contribution in [0.1, 0.15) is 18.5 Å². The van der Waals surface area contributed by atoms with Gasteiger partial charge in [0.1, 0.15) is 6.04 Å². The summed E-state index contributed by atoms with van der Waals surface area (Å²) in [5, 5.41) is 12.0. The molecule has 0 aliphatic rings. The minimum atomic E-state index is -0.331. The van der Waals surface area contributed by atoms with E-state index < -0.39 is 0 Å². The van der Waals surface area contributed by atoms with Crippen LogP contribution in [0.25, 0.3) is 0 Å². The third kappa shape index (κ3) is 5.05. The van der Waals surface area contributed by atoms with Crippen LogP contribution in [0.15, 0.2) is 54.6 Å². The molecular weight excluding hydrogens is 314 g/mol. The zero-order valence-corrected chi connectivity index (χ0v) is 15.1. The van der Waals surface area contributed by atoms with Crippen LogP contribution in [0, 0.1) is 0 Å². The van der Waals surface area contributed by atoms with E-state index in [0.29, 0.717) is 6.54 Å². The Hall–Kier alpha value is -2.37. The lowest BCUT2D eigenvalue weighted by atomic mass is 10.0. The molecule has 0 aliphatic carbocycles. The molecule has 2 aromatic carbocycles. The average molecular weight is 341 g/mol. The standard InChI is InChI=1S/C20H27N3O2/c1-4-22(2)19(16-8-6-5-7-9-16)20(25)21-17-10-12-18(13-11-17)23(3)14-15-24/h5-13,19,24H,4,14-15H2,1-3H3,(H,21,25). The number of hydrogen-bond donors (Lipinski definition) is 2. The maximum absolute atomic E-state index is 12.8. The fourth-order valence-electron chi connectivity index (χ4n) is 2.71. The van der Waals surface area contributed by atoms with Crippen LogP contribution in [0.4, 0.5) is 11.4 Å². The molecule has 1 amide bonds. The fraction of sp³-hybridized carbons (Fsp3) is 0.350. The zero-order valence-electron chi connectivity index (χ0n) is 15.1. The first-order valence-electron chi connectivity index (χ1n) is 8.55. The molecule has 0 heterocycles. The van der Waals surface area contributed by atoms with Gasteiger partial charge in [-0.25, -0.2) is 0 Å². The molecule has 0 radical (unpaired) electrons. The van der Waals surface area contributed by atoms with E-state index in [1.807, 2.05) is 85.4 Å². The Morgan fingerprint density at radius 2 is 1.72 bits per heavy atom. The number of anilines is 2. The fourth-order valence-corrected chi connectivity index (χ4v) is 2.71. The predicted octanol–water partition coefficient (Wildman–Crippen LogP) is 2.75. The Balaban J connectivity index is 2.13. The second-order valence-electron chi connectivity index (χ2n) is 6.07. The highest BCUT2D eigenvalue weighted by Crippen LogP contribution is 2.22. The number of hydrogen-bond acceptors (Lipinski definition) is 4. The molecule has 0 fully saturated rings. The summed E-state index contributed by atoms with van der Waals surface area (Å²) in [6.07, 6.45) is 0. The number of rotatable bonds is 8. The predicted molar refractivity (Wildman–Crippen MR) is 103 cm³/mol. The van der Waals surface area contributed by atoms with Crippen molar-refractivity contribution in [2.24, 2.45) is 0 Å². The molecule has 2 N–H and O–H groups in total. The van der Waals surface area contributed by atoms with E-state index in [4.69, 9.17) is 5.11 Å². The van der Waals surface area contributed by atoms with Gasteiger partial charge in [-0.3, -0.25) is 9.69 Å². The molecule has 0 aliphatic heterocycles. The maximum Gasteiger partial charge on any atom is 0.246 e. The molecule has 0 bridgehead atoms. The Morgan fingerprint density at radius 3 is 2.28 bits per heavy atom. The van der Waals surface area contributed by atoms with Crippen LogP contribution in [0.2, 0.25) is 0 Å². The van der Waals surface area contributed by atoms with E-state index in [-0.39, 0.29) is 18.6 Å². The highest BCUT2D eigenvalue weighted by Gasteiger charge is 2.24. The number of benzene rings is 2. The van der Waals surface area contributed by atoms with Crippen molar-refractivity contribution in [3.63, 3.8) is 0 Å². The molecule has 25 heavy (non-hydrogen) atoms. The molecule has 5 nitrogen and oxygen atoms in total. The minimum Gasteiger partial charge on any atom is -0.395 e. The Morgan fingerprint density at radius 1 is 1.08 bits per heavy atom. The molecule has 0 saturated heterocycles. The molecular formula is C20H27N3O2. The number of nitrogens with one attached hydrogen (secondary N) is 1. The molecule has 0 aromatic heterocycles. The lowest BCUT2D eigenvalue weighted by Gasteiger charge is -2.26. The Kier molecular flexibility index (Phi) is 6.98. The zero-order chi connectivity index (χ0) is 18.2. The molecule has 0 spiro atoms. The van der Waals surface area contributed by atoms with Crippen molar-refractivity contribution in [2.75, 3.05) is 44.0 Å². The van der Waals surface area contributed by atoms with E-state index in [1.165, 1.54) is 0 Å². The van der Waals surface area contributed by atoms with Gasteiger partial charge in [0.2, 0.25) is 5.91 Å². The second-order valence-corrected chi connectivity index (χ2v) is 6.07. The highest BCUT2D eigenvalue weighted by atomic mass is 16.3. The average Bonchev–Trinajstić information content (AvgIpc) is 2.63. The maximum atomic E-state index is 12.8. The number of aliphatic hydroxyl groups excluding tert-OH is 1. The normalized spacial score (nSPS) is 12.0. The van der Waals surface area contributed by atoms with Gasteiger partial charge in [0.05, 0.1) is 6.61 Å². The van der Waals surface area contributed by atoms with Crippen molar-refractivity contribution in [1.82, 2.24) is 4.90 Å². The molecule has 2 aromatic rings. The number of amides is 1. The molecule has 2 rings (SSSR count). The van der Waals surface area contributed by atoms with E-state index in [0.717, 1.165) is 23.5 Å². The number of likely N-dealkylation sites (N-methyl/N-ethyl adjacent to an activating group) is 2. The largest absolute Gasteiger partial charge is 0.395 e. The van der Waals surface area contributed by atoms with Crippen molar-refractivity contribution in [3.8, 4) is 0 Å². The number of carbonyl (C=O) groups is 1. The van der Waals surface area contributed by atoms with E-state index in [1.54, 1.807) is 0 Å². The van der Waals surface area contributed by atoms with E-state index in [2.05, 4.69) is 5.32 Å². The van der Waals surface area contributed by atoms with Gasteiger partial charge in [-0.05, 0) is 43.4 Å². The Labute approximate surface area is 149 Å². The third-order valence-corrected chi connectivity index (χ3v) is 4.31. The third-order valence-electron chi connectivity index (χ3n) is 4.31. The van der Waals surface area contributed by atoms with Crippen LogP contribution in [-0.2, 0) is 4.79 Å². The van der Waals surface area contributed by atoms with Gasteiger partial charge in [0.15, 0.2) is 0 Å². The summed E-state index contributed by atoms with van der Waals surface area (Å²) in [5.74, 6) is -0.0491. The summed E-state index contributed by atoms with van der Waals surface area (Å²) in [6, 6.07) is 17.1. The number of nitrogens with zero attached hydrogens (tertiary/aromatic N) is 2. The summed E-state index contributed by atoms with van der Waals surface area (Å²) in [5.41, 5.74) is 2.73. The van der Waals surface area contributed by atoms with Gasteiger partial charge in [0, 0.05) is 25.0 Å². The second kappa shape index (κ2) is 9.20. The lowest BCUT2D eigenvalue weighted by Crippen LogP contribution is -2.34. The summed E-state index contributed by atoms with van der Waals surface area (Å²) in [6.45, 7) is 3.49. The van der Waals surface area contributed by atoms with Crippen LogP contribution >= 0.6 is 0 Å². The van der Waals surface area contributed by atoms with Crippen LogP contribution in [0.3, 0.4) is 0 Å². The van der Waals surface area contributed by atoms with Gasteiger partial charge >= 0.3 is 0 Å². The molecule has 5 heteroatoms. The molecule has 134 valence electrons. The van der Waals surface area contributed by atoms with E-state index >= 15 is 0 Å². The van der Waals surface area contributed by atoms with Gasteiger partial charge < -0.3 is 15.3 Å². The molecule has 1 atom stereocenters. The SMILES string of the molecule is CCN(C)C(C(=O)Nc1ccc(N(C)CCO)cc1)c1ccccc1. The smallest absolute Gasteiger partial charge is 0.246 e. The van der Waals surface area contributed by atoms with Crippen molar-refractivity contribution in [1.29, 1.82) is 0 Å². The van der Waals surface area contributed by atoms with Gasteiger partial charge in [-0.2, -0.15) is 0 Å². The minimum absolute atomic E-state index is 0.0491. The van der Waals surface area contributed by atoms with Crippen molar-refractivity contribution in [3.05, 3.63) is 60.2 Å². The van der Waals surface area contributed by atoms with Gasteiger partial charge in [-0.15, -0.1) is 0 Å². The lowest BCUT2D eigenvalue weighted by molar-refractivity contribution is -0.121. The van der Waals surface area contributed by atoms with E-state index in [9.17, 15) is 4.79 Å². The first-order chi connectivity index (χ1) is 12.1. The summed E-state index contributed by atoms with van der Waals surface area (Å²) in [7, 11) is 3.87.